The topological polar surface area (TPSA) is 43.4 Å². The molecule has 0 radical (unpaired) electrons. The summed E-state index contributed by atoms with van der Waals surface area (Å²) in [6, 6.07) is 5.89. The maximum atomic E-state index is 11.1. The summed E-state index contributed by atoms with van der Waals surface area (Å²) in [5.41, 5.74) is 3.16. The van der Waals surface area contributed by atoms with Gasteiger partial charge in [-0.2, -0.15) is 0 Å². The number of ether oxygens (including phenoxy) is 1. The van der Waals surface area contributed by atoms with Gasteiger partial charge in [0.1, 0.15) is 6.29 Å². The van der Waals surface area contributed by atoms with E-state index in [9.17, 15) is 9.59 Å². The molecule has 1 aromatic carbocycles. The van der Waals surface area contributed by atoms with Crippen LogP contribution in [-0.4, -0.2) is 19.4 Å². The van der Waals surface area contributed by atoms with Crippen LogP contribution in [0.25, 0.3) is 0 Å². The molecule has 0 saturated heterocycles. The van der Waals surface area contributed by atoms with Crippen molar-refractivity contribution < 1.29 is 14.3 Å². The Labute approximate surface area is 95.4 Å². The second-order valence-corrected chi connectivity index (χ2v) is 3.72. The van der Waals surface area contributed by atoms with Crippen LogP contribution < -0.4 is 0 Å². The molecule has 0 saturated carbocycles. The molecular formula is C13H16O3. The lowest BCUT2D eigenvalue weighted by atomic mass is 10.0. The van der Waals surface area contributed by atoms with Crippen LogP contribution in [0.2, 0.25) is 0 Å². The van der Waals surface area contributed by atoms with E-state index in [1.807, 2.05) is 25.1 Å². The molecule has 0 fully saturated rings. The van der Waals surface area contributed by atoms with Crippen molar-refractivity contribution in [1.29, 1.82) is 0 Å². The van der Waals surface area contributed by atoms with Crippen molar-refractivity contribution in [2.75, 3.05) is 7.11 Å². The van der Waals surface area contributed by atoms with Crippen LogP contribution in [0.15, 0.2) is 18.2 Å². The fraction of sp³-hybridized carbons (Fsp3) is 0.385. The molecule has 0 aromatic heterocycles. The van der Waals surface area contributed by atoms with Gasteiger partial charge in [-0.15, -0.1) is 0 Å². The molecular weight excluding hydrogens is 204 g/mol. The first-order chi connectivity index (χ1) is 7.67. The Balaban J connectivity index is 2.74. The Morgan fingerprint density at radius 1 is 1.44 bits per heavy atom. The third-order valence-electron chi connectivity index (χ3n) is 2.52. The minimum Gasteiger partial charge on any atom is -0.469 e. The number of aldehydes is 1. The molecule has 0 bridgehead atoms. The molecule has 0 spiro atoms. The molecule has 0 aliphatic carbocycles. The predicted octanol–water partition coefficient (Wildman–Crippen LogP) is 1.84. The van der Waals surface area contributed by atoms with Crippen LogP contribution in [-0.2, 0) is 27.2 Å². The van der Waals surface area contributed by atoms with Crippen molar-refractivity contribution in [3.8, 4) is 0 Å². The lowest BCUT2D eigenvalue weighted by Gasteiger charge is -2.06. The molecule has 0 aliphatic heterocycles. The predicted molar refractivity (Wildman–Crippen MR) is 61.3 cm³/mol. The lowest BCUT2D eigenvalue weighted by Crippen LogP contribution is -2.06. The normalized spacial score (nSPS) is 9.88. The van der Waals surface area contributed by atoms with Crippen LogP contribution in [0.1, 0.15) is 23.1 Å². The zero-order valence-electron chi connectivity index (χ0n) is 9.66. The molecule has 0 amide bonds. The van der Waals surface area contributed by atoms with Crippen LogP contribution >= 0.6 is 0 Å². The minimum absolute atomic E-state index is 0.233. The van der Waals surface area contributed by atoms with Crippen LogP contribution in [0, 0.1) is 6.92 Å². The maximum Gasteiger partial charge on any atom is 0.309 e. The number of carbonyl (C=O) groups excluding carboxylic acids is 2. The first kappa shape index (κ1) is 12.4. The smallest absolute Gasteiger partial charge is 0.309 e. The number of hydrogen-bond acceptors (Lipinski definition) is 3. The van der Waals surface area contributed by atoms with E-state index in [1.54, 1.807) is 0 Å². The van der Waals surface area contributed by atoms with Crippen LogP contribution in [0.4, 0.5) is 0 Å². The zero-order valence-corrected chi connectivity index (χ0v) is 9.66. The highest BCUT2D eigenvalue weighted by Gasteiger charge is 2.06. The Bertz CT molecular complexity index is 383. The number of benzene rings is 1. The highest BCUT2D eigenvalue weighted by atomic mass is 16.5. The highest BCUT2D eigenvalue weighted by Crippen LogP contribution is 2.13. The largest absolute Gasteiger partial charge is 0.469 e. The number of esters is 1. The summed E-state index contributed by atoms with van der Waals surface area (Å²) >= 11 is 0. The number of hydrogen-bond donors (Lipinski definition) is 0. The molecule has 3 nitrogen and oxygen atoms in total. The van der Waals surface area contributed by atoms with Crippen molar-refractivity contribution in [2.45, 2.75) is 26.2 Å². The van der Waals surface area contributed by atoms with Gasteiger partial charge in [0.15, 0.2) is 0 Å². The van der Waals surface area contributed by atoms with E-state index < -0.39 is 0 Å². The Morgan fingerprint density at radius 2 is 2.19 bits per heavy atom. The molecule has 0 aliphatic rings. The minimum atomic E-state index is -0.233. The molecule has 86 valence electrons. The van der Waals surface area contributed by atoms with Gasteiger partial charge in [-0.1, -0.05) is 18.2 Å². The summed E-state index contributed by atoms with van der Waals surface area (Å²) in [6.45, 7) is 1.96. The van der Waals surface area contributed by atoms with E-state index in [-0.39, 0.29) is 5.97 Å². The van der Waals surface area contributed by atoms with E-state index in [0.717, 1.165) is 29.4 Å². The van der Waals surface area contributed by atoms with Gasteiger partial charge in [-0.05, 0) is 30.0 Å². The SMILES string of the molecule is COC(=O)Cc1ccc(CCC=O)cc1C. The van der Waals surface area contributed by atoms with Crippen molar-refractivity contribution in [2.24, 2.45) is 0 Å². The standard InChI is InChI=1S/C13H16O3/c1-10-8-11(4-3-7-14)5-6-12(10)9-13(15)16-2/h5-8H,3-4,9H2,1-2H3. The van der Waals surface area contributed by atoms with Crippen LogP contribution in [0.3, 0.4) is 0 Å². The Kier molecular flexibility index (Phi) is 4.70. The molecule has 1 aromatic rings. The van der Waals surface area contributed by atoms with Crippen molar-refractivity contribution in [1.82, 2.24) is 0 Å². The van der Waals surface area contributed by atoms with Crippen molar-refractivity contribution in [3.63, 3.8) is 0 Å². The third-order valence-corrected chi connectivity index (χ3v) is 2.52. The molecule has 16 heavy (non-hydrogen) atoms. The van der Waals surface area contributed by atoms with E-state index in [1.165, 1.54) is 7.11 Å². The first-order valence-electron chi connectivity index (χ1n) is 5.26. The fourth-order valence-corrected chi connectivity index (χ4v) is 1.57. The monoisotopic (exact) mass is 220 g/mol. The fourth-order valence-electron chi connectivity index (χ4n) is 1.57. The molecule has 0 N–H and O–H groups in total. The van der Waals surface area contributed by atoms with Gasteiger partial charge in [0.2, 0.25) is 0 Å². The van der Waals surface area contributed by atoms with E-state index in [0.29, 0.717) is 12.8 Å². The first-order valence-corrected chi connectivity index (χ1v) is 5.26. The number of methoxy groups -OCH3 is 1. The van der Waals surface area contributed by atoms with Gasteiger partial charge >= 0.3 is 5.97 Å². The van der Waals surface area contributed by atoms with Gasteiger partial charge in [0.25, 0.3) is 0 Å². The summed E-state index contributed by atoms with van der Waals surface area (Å²) < 4.78 is 4.62. The second kappa shape index (κ2) is 6.05. The summed E-state index contributed by atoms with van der Waals surface area (Å²) in [4.78, 5) is 21.4. The quantitative estimate of drug-likeness (QED) is 0.561. The second-order valence-electron chi connectivity index (χ2n) is 3.72. The molecule has 0 heterocycles. The molecule has 0 atom stereocenters. The van der Waals surface area contributed by atoms with Gasteiger partial charge in [-0.3, -0.25) is 4.79 Å². The maximum absolute atomic E-state index is 11.1. The number of rotatable bonds is 5. The summed E-state index contributed by atoms with van der Waals surface area (Å²) in [7, 11) is 1.39. The van der Waals surface area contributed by atoms with Crippen molar-refractivity contribution in [3.05, 3.63) is 34.9 Å². The summed E-state index contributed by atoms with van der Waals surface area (Å²) in [5, 5.41) is 0. The Morgan fingerprint density at radius 3 is 2.75 bits per heavy atom. The Hall–Kier alpha value is -1.64. The zero-order chi connectivity index (χ0) is 12.0. The lowest BCUT2D eigenvalue weighted by molar-refractivity contribution is -0.139. The molecule has 3 heteroatoms. The van der Waals surface area contributed by atoms with E-state index >= 15 is 0 Å². The van der Waals surface area contributed by atoms with Gasteiger partial charge in [-0.25, -0.2) is 0 Å². The average molecular weight is 220 g/mol. The van der Waals surface area contributed by atoms with Gasteiger partial charge in [0, 0.05) is 6.42 Å². The summed E-state index contributed by atoms with van der Waals surface area (Å²) in [6.07, 6.45) is 2.51. The molecule has 0 unspecified atom stereocenters. The number of aryl methyl sites for hydroxylation is 2. The third kappa shape index (κ3) is 3.50. The van der Waals surface area contributed by atoms with Gasteiger partial charge in [0.05, 0.1) is 13.5 Å². The highest BCUT2D eigenvalue weighted by molar-refractivity contribution is 5.72. The molecule has 1 rings (SSSR count). The number of carbonyl (C=O) groups is 2. The van der Waals surface area contributed by atoms with E-state index in [4.69, 9.17) is 0 Å². The van der Waals surface area contributed by atoms with E-state index in [2.05, 4.69) is 4.74 Å². The summed E-state index contributed by atoms with van der Waals surface area (Å²) in [5.74, 6) is -0.233. The average Bonchev–Trinajstić information content (AvgIpc) is 2.29. The van der Waals surface area contributed by atoms with Crippen molar-refractivity contribution >= 4 is 12.3 Å². The van der Waals surface area contributed by atoms with Crippen LogP contribution in [0.5, 0.6) is 0 Å². The van der Waals surface area contributed by atoms with Gasteiger partial charge < -0.3 is 9.53 Å².